The van der Waals surface area contributed by atoms with Crippen LogP contribution in [0.5, 0.6) is 5.75 Å². The molecule has 2 saturated heterocycles. The second kappa shape index (κ2) is 13.0. The van der Waals surface area contributed by atoms with Crippen LogP contribution in [0, 0.1) is 11.2 Å². The Morgan fingerprint density at radius 1 is 0.884 bits per heavy atom. The van der Waals surface area contributed by atoms with E-state index in [1.165, 1.54) is 36.4 Å². The Morgan fingerprint density at radius 3 is 2.23 bits per heavy atom. The van der Waals surface area contributed by atoms with Gasteiger partial charge in [-0.1, -0.05) is 32.0 Å². The van der Waals surface area contributed by atoms with Crippen molar-refractivity contribution in [1.82, 2.24) is 26.3 Å². The average molecular weight is 588 g/mol. The standard InChI is InChI=1S/C33H38FN5O4/c1-33(2)14-4-16-37-30(33)23-10-11-26(40)27(28(23)34)29(41)20-6-8-21(9-7-20)31(42)38-24-5-3-15-36-19-25(24)39-32(43)22-12-17-35-18-13-22/h6-13,17-18,24-25,30,36-37,40H,3-5,14-16,19H2,1-2H3,(H,38,42)(H,39,43)/t24-,25-,30+/m1/s1. The van der Waals surface area contributed by atoms with Crippen LogP contribution in [0.15, 0.2) is 60.9 Å². The number of pyridine rings is 1. The van der Waals surface area contributed by atoms with E-state index in [0.717, 1.165) is 32.4 Å². The summed E-state index contributed by atoms with van der Waals surface area (Å²) in [6.45, 7) is 6.13. The van der Waals surface area contributed by atoms with Crippen molar-refractivity contribution in [3.05, 3.63) is 94.6 Å². The molecule has 2 aliphatic rings. The molecule has 0 bridgehead atoms. The van der Waals surface area contributed by atoms with Crippen LogP contribution in [0.1, 0.15) is 87.8 Å². The van der Waals surface area contributed by atoms with Gasteiger partial charge in [0.1, 0.15) is 17.1 Å². The summed E-state index contributed by atoms with van der Waals surface area (Å²) in [5.41, 5.74) is 0.706. The molecule has 9 nitrogen and oxygen atoms in total. The Balaban J connectivity index is 1.30. The van der Waals surface area contributed by atoms with E-state index in [4.69, 9.17) is 0 Å². The maximum atomic E-state index is 15.8. The topological polar surface area (TPSA) is 132 Å². The van der Waals surface area contributed by atoms with Gasteiger partial charge in [0.15, 0.2) is 5.78 Å². The Labute approximate surface area is 250 Å². The molecule has 226 valence electrons. The molecule has 2 aliphatic heterocycles. The van der Waals surface area contributed by atoms with Crippen LogP contribution in [0.3, 0.4) is 0 Å². The zero-order valence-electron chi connectivity index (χ0n) is 24.5. The van der Waals surface area contributed by atoms with Gasteiger partial charge >= 0.3 is 0 Å². The quantitative estimate of drug-likeness (QED) is 0.265. The van der Waals surface area contributed by atoms with Crippen molar-refractivity contribution >= 4 is 17.6 Å². The number of aromatic hydroxyl groups is 1. The van der Waals surface area contributed by atoms with E-state index in [1.54, 1.807) is 24.5 Å². The molecule has 3 atom stereocenters. The highest BCUT2D eigenvalue weighted by Crippen LogP contribution is 2.42. The lowest BCUT2D eigenvalue weighted by atomic mass is 9.74. The smallest absolute Gasteiger partial charge is 0.251 e. The highest BCUT2D eigenvalue weighted by molar-refractivity contribution is 6.11. The van der Waals surface area contributed by atoms with Gasteiger partial charge in [-0.15, -0.1) is 0 Å². The minimum Gasteiger partial charge on any atom is -0.507 e. The number of aromatic nitrogens is 1. The van der Waals surface area contributed by atoms with Crippen molar-refractivity contribution in [3.8, 4) is 5.75 Å². The van der Waals surface area contributed by atoms with Gasteiger partial charge < -0.3 is 26.4 Å². The molecule has 5 N–H and O–H groups in total. The number of nitrogens with one attached hydrogen (secondary N) is 4. The lowest BCUT2D eigenvalue weighted by molar-refractivity contribution is 0.0882. The summed E-state index contributed by atoms with van der Waals surface area (Å²) in [5.74, 6) is -2.42. The number of hydrogen-bond acceptors (Lipinski definition) is 7. The maximum Gasteiger partial charge on any atom is 0.251 e. The third kappa shape index (κ3) is 6.76. The van der Waals surface area contributed by atoms with Crippen molar-refractivity contribution in [1.29, 1.82) is 0 Å². The largest absolute Gasteiger partial charge is 0.507 e. The number of amides is 2. The summed E-state index contributed by atoms with van der Waals surface area (Å²) in [6.07, 6.45) is 6.48. The Hall–Kier alpha value is -4.15. The van der Waals surface area contributed by atoms with Crippen LogP contribution in [-0.4, -0.2) is 59.4 Å². The lowest BCUT2D eigenvalue weighted by Gasteiger charge is -2.40. The van der Waals surface area contributed by atoms with Crippen LogP contribution in [0.4, 0.5) is 4.39 Å². The Kier molecular flexibility index (Phi) is 9.17. The fraction of sp³-hybridized carbons (Fsp3) is 0.394. The third-order valence-corrected chi connectivity index (χ3v) is 8.52. The van der Waals surface area contributed by atoms with Gasteiger partial charge in [0.05, 0.1) is 12.1 Å². The van der Waals surface area contributed by atoms with Crippen molar-refractivity contribution in [3.63, 3.8) is 0 Å². The predicted octanol–water partition coefficient (Wildman–Crippen LogP) is 3.89. The maximum absolute atomic E-state index is 15.8. The number of phenols is 1. The number of phenolic OH excluding ortho intramolecular Hbond substituents is 1. The molecule has 0 aliphatic carbocycles. The van der Waals surface area contributed by atoms with E-state index in [9.17, 15) is 19.5 Å². The minimum atomic E-state index is -0.735. The van der Waals surface area contributed by atoms with Crippen molar-refractivity contribution in [2.24, 2.45) is 5.41 Å². The van der Waals surface area contributed by atoms with Gasteiger partial charge in [0, 0.05) is 47.2 Å². The first kappa shape index (κ1) is 30.3. The molecule has 0 saturated carbocycles. The number of ketones is 1. The summed E-state index contributed by atoms with van der Waals surface area (Å²) in [4.78, 5) is 43.4. The molecule has 43 heavy (non-hydrogen) atoms. The summed E-state index contributed by atoms with van der Waals surface area (Å²) in [7, 11) is 0. The fourth-order valence-electron chi connectivity index (χ4n) is 6.06. The predicted molar refractivity (Wildman–Crippen MR) is 161 cm³/mol. The molecular formula is C33H38FN5O4. The normalized spacial score (nSPS) is 21.8. The number of carbonyl (C=O) groups is 3. The average Bonchev–Trinajstić information content (AvgIpc) is 3.22. The molecule has 3 heterocycles. The van der Waals surface area contributed by atoms with E-state index < -0.39 is 17.3 Å². The van der Waals surface area contributed by atoms with Gasteiger partial charge in [0.2, 0.25) is 0 Å². The molecule has 2 fully saturated rings. The first-order valence-corrected chi connectivity index (χ1v) is 14.8. The van der Waals surface area contributed by atoms with Crippen molar-refractivity contribution in [2.75, 3.05) is 19.6 Å². The summed E-state index contributed by atoms with van der Waals surface area (Å²) in [5, 5.41) is 23.2. The molecule has 0 spiro atoms. The molecule has 1 aromatic heterocycles. The zero-order valence-corrected chi connectivity index (χ0v) is 24.5. The molecule has 2 amide bonds. The van der Waals surface area contributed by atoms with Crippen LogP contribution >= 0.6 is 0 Å². The summed E-state index contributed by atoms with van der Waals surface area (Å²) < 4.78 is 15.8. The number of nitrogens with zero attached hydrogens (tertiary/aromatic N) is 1. The summed E-state index contributed by atoms with van der Waals surface area (Å²) in [6, 6.07) is 11.1. The van der Waals surface area contributed by atoms with Crippen LogP contribution in [-0.2, 0) is 0 Å². The van der Waals surface area contributed by atoms with Gasteiger partial charge in [-0.05, 0) is 74.5 Å². The highest BCUT2D eigenvalue weighted by atomic mass is 19.1. The van der Waals surface area contributed by atoms with Gasteiger partial charge in [-0.3, -0.25) is 19.4 Å². The Bertz CT molecular complexity index is 1480. The third-order valence-electron chi connectivity index (χ3n) is 8.52. The molecule has 2 aromatic carbocycles. The van der Waals surface area contributed by atoms with Gasteiger partial charge in [0.25, 0.3) is 11.8 Å². The number of halogens is 1. The van der Waals surface area contributed by atoms with Crippen molar-refractivity contribution < 1.29 is 23.9 Å². The second-order valence-electron chi connectivity index (χ2n) is 12.0. The van der Waals surface area contributed by atoms with E-state index in [0.29, 0.717) is 29.7 Å². The lowest BCUT2D eigenvalue weighted by Crippen LogP contribution is -2.54. The zero-order chi connectivity index (χ0) is 30.6. The molecule has 0 radical (unpaired) electrons. The molecule has 5 rings (SSSR count). The first-order chi connectivity index (χ1) is 20.7. The first-order valence-electron chi connectivity index (χ1n) is 14.8. The van der Waals surface area contributed by atoms with Crippen LogP contribution in [0.25, 0.3) is 0 Å². The van der Waals surface area contributed by atoms with E-state index in [-0.39, 0.29) is 46.5 Å². The number of rotatable bonds is 7. The molecule has 0 unspecified atom stereocenters. The molecule has 10 heteroatoms. The minimum absolute atomic E-state index is 0.153. The second-order valence-corrected chi connectivity index (χ2v) is 12.0. The van der Waals surface area contributed by atoms with Gasteiger partial charge in [-0.25, -0.2) is 4.39 Å². The highest BCUT2D eigenvalue weighted by Gasteiger charge is 2.36. The van der Waals surface area contributed by atoms with Crippen molar-refractivity contribution in [2.45, 2.75) is 57.7 Å². The number of hydrogen-bond donors (Lipinski definition) is 5. The Morgan fingerprint density at radius 2 is 1.53 bits per heavy atom. The monoisotopic (exact) mass is 587 g/mol. The fourth-order valence-corrected chi connectivity index (χ4v) is 6.06. The van der Waals surface area contributed by atoms with E-state index >= 15 is 4.39 Å². The number of piperidine rings is 1. The van der Waals surface area contributed by atoms with E-state index in [1.807, 2.05) is 0 Å². The molecular weight excluding hydrogens is 549 g/mol. The van der Waals surface area contributed by atoms with Crippen LogP contribution in [0.2, 0.25) is 0 Å². The van der Waals surface area contributed by atoms with Crippen LogP contribution < -0.4 is 21.3 Å². The number of benzene rings is 2. The van der Waals surface area contributed by atoms with Gasteiger partial charge in [-0.2, -0.15) is 0 Å². The SMILES string of the molecule is CC1(C)CCCN[C@H]1c1ccc(O)c(C(=O)c2ccc(C(=O)N[C@@H]3CCCNC[C@H]3NC(=O)c3ccncc3)cc2)c1F. The summed E-state index contributed by atoms with van der Waals surface area (Å²) >= 11 is 0. The van der Waals surface area contributed by atoms with E-state index in [2.05, 4.69) is 40.1 Å². The number of carbonyl (C=O) groups excluding carboxylic acids is 3. The molecule has 3 aromatic rings.